The summed E-state index contributed by atoms with van der Waals surface area (Å²) in [6.07, 6.45) is 0.394. The molecule has 0 aliphatic rings. The molecule has 1 unspecified atom stereocenters. The molecule has 0 fully saturated rings. The fourth-order valence-electron chi connectivity index (χ4n) is 2.71. The summed E-state index contributed by atoms with van der Waals surface area (Å²) < 4.78 is 19.5. The summed E-state index contributed by atoms with van der Waals surface area (Å²) in [7, 11) is 0. The van der Waals surface area contributed by atoms with Gasteiger partial charge < -0.3 is 24.1 Å². The van der Waals surface area contributed by atoms with Crippen molar-refractivity contribution in [2.45, 2.75) is 38.8 Å². The van der Waals surface area contributed by atoms with E-state index in [1.807, 2.05) is 0 Å². The smallest absolute Gasteiger partial charge is 0.351 e. The normalized spacial score (nSPS) is 11.9. The van der Waals surface area contributed by atoms with Crippen molar-refractivity contribution in [1.29, 1.82) is 0 Å². The molecule has 1 rings (SSSR count). The minimum atomic E-state index is -2.94. The van der Waals surface area contributed by atoms with Crippen LogP contribution in [0.4, 0.5) is 0 Å². The van der Waals surface area contributed by atoms with E-state index in [0.717, 1.165) is 20.8 Å². The van der Waals surface area contributed by atoms with Gasteiger partial charge in [0, 0.05) is 38.2 Å². The molecule has 1 aromatic heterocycles. The number of carbonyl (C=O) groups is 4. The van der Waals surface area contributed by atoms with Gasteiger partial charge in [0.1, 0.15) is 6.23 Å². The maximum atomic E-state index is 13.5. The fourth-order valence-corrected chi connectivity index (χ4v) is 2.71. The number of hydrogen-bond acceptors (Lipinski definition) is 12. The number of carbonyl (C=O) groups excluding carboxylic acids is 4. The Bertz CT molecular complexity index is 1170. The maximum Gasteiger partial charge on any atom is 0.351 e. The van der Waals surface area contributed by atoms with Gasteiger partial charge in [0.25, 0.3) is 0 Å². The summed E-state index contributed by atoms with van der Waals surface area (Å²) in [6, 6.07) is 0. The lowest BCUT2D eigenvalue weighted by Gasteiger charge is -2.33. The molecule has 1 N–H and O–H groups in total. The lowest BCUT2D eigenvalue weighted by molar-refractivity contribution is -0.266. The summed E-state index contributed by atoms with van der Waals surface area (Å²) in [5, 5.41) is 10.1. The van der Waals surface area contributed by atoms with E-state index in [9.17, 15) is 38.7 Å². The number of esters is 4. The van der Waals surface area contributed by atoms with Crippen molar-refractivity contribution >= 4 is 23.9 Å². The number of aliphatic hydroxyl groups excluding tert-OH is 1. The molecule has 15 nitrogen and oxygen atoms in total. The number of aromatic nitrogens is 3. The predicted molar refractivity (Wildman–Crippen MR) is 119 cm³/mol. The molecule has 1 aromatic rings. The zero-order chi connectivity index (χ0) is 28.0. The van der Waals surface area contributed by atoms with Gasteiger partial charge >= 0.3 is 52.8 Å². The average molecular weight is 509 g/mol. The number of ether oxygens (including phenoxy) is 4. The zero-order valence-corrected chi connectivity index (χ0v) is 19.5. The summed E-state index contributed by atoms with van der Waals surface area (Å²) in [6.45, 7) is 15.0. The molecule has 15 heteroatoms. The first-order chi connectivity index (χ1) is 16.6. The van der Waals surface area contributed by atoms with Crippen LogP contribution in [0.1, 0.15) is 27.0 Å². The van der Waals surface area contributed by atoms with Crippen molar-refractivity contribution in [3.8, 4) is 0 Å². The molecule has 0 saturated heterocycles. The van der Waals surface area contributed by atoms with Crippen LogP contribution in [0.5, 0.6) is 0 Å². The van der Waals surface area contributed by atoms with Crippen molar-refractivity contribution < 1.29 is 43.2 Å². The predicted octanol–water partition coefficient (Wildman–Crippen LogP) is -1.14. The lowest BCUT2D eigenvalue weighted by Crippen LogP contribution is -2.66. The molecule has 0 saturated carbocycles. The third kappa shape index (κ3) is 5.82. The van der Waals surface area contributed by atoms with Crippen LogP contribution >= 0.6 is 0 Å². The van der Waals surface area contributed by atoms with Gasteiger partial charge in [-0.25, -0.2) is 38.1 Å². The number of nitrogens with zero attached hydrogens (tertiary/aromatic N) is 3. The molecular weight excluding hydrogens is 486 g/mol. The summed E-state index contributed by atoms with van der Waals surface area (Å²) in [5.41, 5.74) is -5.09. The molecular formula is C21H23N3O12. The van der Waals surface area contributed by atoms with E-state index in [-0.39, 0.29) is 13.7 Å². The minimum absolute atomic E-state index is 0.0187. The molecule has 0 bridgehead atoms. The number of aliphatic hydroxyl groups is 1. The molecule has 0 aromatic carbocycles. The standard InChI is InChI=1S/C21H23N3O12/c1-8-13(26)33-20(6,34-14(27)9-2)23-17(30)22(12(5)25)18(31)24(19(23)32)21(7,35-15(28)10-3)36-16(29)11-4/h8-12,25H,1-4H2,5-7H3. The van der Waals surface area contributed by atoms with Crippen molar-refractivity contribution in [2.75, 3.05) is 0 Å². The summed E-state index contributed by atoms with van der Waals surface area (Å²) >= 11 is 0. The van der Waals surface area contributed by atoms with Gasteiger partial charge in [0.15, 0.2) is 0 Å². The largest absolute Gasteiger partial charge is 0.400 e. The Morgan fingerprint density at radius 2 is 0.944 bits per heavy atom. The van der Waals surface area contributed by atoms with Crippen LogP contribution in [-0.4, -0.2) is 42.7 Å². The van der Waals surface area contributed by atoms with Crippen molar-refractivity contribution in [3.05, 3.63) is 82.1 Å². The molecule has 0 aliphatic carbocycles. The highest BCUT2D eigenvalue weighted by Gasteiger charge is 2.45. The van der Waals surface area contributed by atoms with E-state index in [0.29, 0.717) is 24.3 Å². The molecule has 0 radical (unpaired) electrons. The lowest BCUT2D eigenvalue weighted by atomic mass is 10.4. The highest BCUT2D eigenvalue weighted by Crippen LogP contribution is 2.21. The minimum Gasteiger partial charge on any atom is -0.400 e. The Balaban J connectivity index is 4.36. The van der Waals surface area contributed by atoms with Crippen LogP contribution in [0.25, 0.3) is 0 Å². The second-order valence-corrected chi connectivity index (χ2v) is 6.82. The van der Waals surface area contributed by atoms with E-state index in [4.69, 9.17) is 18.9 Å². The Kier molecular flexibility index (Phi) is 9.01. The second kappa shape index (κ2) is 11.1. The van der Waals surface area contributed by atoms with E-state index >= 15 is 0 Å². The molecule has 0 aliphatic heterocycles. The first kappa shape index (κ1) is 29.2. The average Bonchev–Trinajstić information content (AvgIpc) is 2.77. The van der Waals surface area contributed by atoms with Gasteiger partial charge in [-0.1, -0.05) is 26.3 Å². The van der Waals surface area contributed by atoms with Gasteiger partial charge in [-0.15, -0.1) is 0 Å². The van der Waals surface area contributed by atoms with Crippen LogP contribution in [0.2, 0.25) is 0 Å². The Labute approximate surface area is 202 Å². The molecule has 1 heterocycles. The van der Waals surface area contributed by atoms with Crippen LogP contribution < -0.4 is 17.1 Å². The molecule has 0 spiro atoms. The highest BCUT2D eigenvalue weighted by molar-refractivity contribution is 5.83. The van der Waals surface area contributed by atoms with Crippen molar-refractivity contribution in [2.24, 2.45) is 0 Å². The number of hydrogen-bond donors (Lipinski definition) is 1. The molecule has 36 heavy (non-hydrogen) atoms. The Hall–Kier alpha value is -4.79. The van der Waals surface area contributed by atoms with Crippen molar-refractivity contribution in [1.82, 2.24) is 13.7 Å². The highest BCUT2D eigenvalue weighted by atomic mass is 16.8. The van der Waals surface area contributed by atoms with E-state index < -0.39 is 59.0 Å². The SMILES string of the molecule is C=CC(=O)OC(C)(OC(=O)C=C)n1c(=O)n(C(C)O)c(=O)n(C(C)(OC(=O)C=C)OC(=O)C=C)c1=O. The van der Waals surface area contributed by atoms with Crippen LogP contribution in [0.3, 0.4) is 0 Å². The van der Waals surface area contributed by atoms with E-state index in [2.05, 4.69) is 26.3 Å². The van der Waals surface area contributed by atoms with Gasteiger partial charge in [0.2, 0.25) is 0 Å². The quantitative estimate of drug-likeness (QED) is 0.215. The second-order valence-electron chi connectivity index (χ2n) is 6.82. The third-order valence-electron chi connectivity index (χ3n) is 4.19. The van der Waals surface area contributed by atoms with Gasteiger partial charge in [-0.2, -0.15) is 9.13 Å². The van der Waals surface area contributed by atoms with Crippen LogP contribution in [0.15, 0.2) is 65.0 Å². The number of rotatable bonds is 11. The first-order valence-electron chi connectivity index (χ1n) is 9.73. The van der Waals surface area contributed by atoms with Gasteiger partial charge in [-0.05, 0) is 6.92 Å². The first-order valence-corrected chi connectivity index (χ1v) is 9.73. The monoisotopic (exact) mass is 509 g/mol. The fraction of sp³-hybridized carbons (Fsp3) is 0.286. The molecule has 1 atom stereocenters. The third-order valence-corrected chi connectivity index (χ3v) is 4.19. The molecule has 194 valence electrons. The zero-order valence-electron chi connectivity index (χ0n) is 19.5. The van der Waals surface area contributed by atoms with E-state index in [1.165, 1.54) is 0 Å². The van der Waals surface area contributed by atoms with Gasteiger partial charge in [-0.3, -0.25) is 0 Å². The topological polar surface area (TPSA) is 191 Å². The maximum absolute atomic E-state index is 13.5. The Morgan fingerprint density at radius 3 is 1.14 bits per heavy atom. The van der Waals surface area contributed by atoms with Crippen LogP contribution in [0, 0.1) is 0 Å². The van der Waals surface area contributed by atoms with E-state index in [1.54, 1.807) is 0 Å². The molecule has 0 amide bonds. The summed E-state index contributed by atoms with van der Waals surface area (Å²) in [4.78, 5) is 87.7. The van der Waals surface area contributed by atoms with Gasteiger partial charge in [0.05, 0.1) is 0 Å². The Morgan fingerprint density at radius 1 is 0.694 bits per heavy atom. The van der Waals surface area contributed by atoms with Crippen LogP contribution in [-0.2, 0) is 49.9 Å². The van der Waals surface area contributed by atoms with Crippen molar-refractivity contribution in [3.63, 3.8) is 0 Å². The summed E-state index contributed by atoms with van der Waals surface area (Å²) in [5.74, 6) is -11.1.